The van der Waals surface area contributed by atoms with Crippen LogP contribution < -0.4 is 5.32 Å². The lowest BCUT2D eigenvalue weighted by atomic mass is 10.1. The molecule has 0 bridgehead atoms. The third-order valence-electron chi connectivity index (χ3n) is 3.20. The average molecular weight is 289 g/mol. The minimum absolute atomic E-state index is 0.446. The van der Waals surface area contributed by atoms with E-state index in [0.29, 0.717) is 11.9 Å². The summed E-state index contributed by atoms with van der Waals surface area (Å²) in [5, 5.41) is 4.00. The minimum atomic E-state index is 0.446. The van der Waals surface area contributed by atoms with Gasteiger partial charge in [-0.15, -0.1) is 0 Å². The number of rotatable bonds is 3. The van der Waals surface area contributed by atoms with E-state index in [9.17, 15) is 0 Å². The van der Waals surface area contributed by atoms with E-state index in [-0.39, 0.29) is 0 Å². The molecule has 0 radical (unpaired) electrons. The summed E-state index contributed by atoms with van der Waals surface area (Å²) in [6, 6.07) is 5.53. The van der Waals surface area contributed by atoms with Gasteiger partial charge in [-0.1, -0.05) is 0 Å². The Balaban J connectivity index is 1.73. The Bertz CT molecular complexity index is 917. The molecule has 0 atom stereocenters. The van der Waals surface area contributed by atoms with Crippen molar-refractivity contribution in [1.82, 2.24) is 29.9 Å². The number of hydrogen-bond acceptors (Lipinski definition) is 6. The molecule has 0 fully saturated rings. The zero-order valence-electron chi connectivity index (χ0n) is 11.4. The average Bonchev–Trinajstić information content (AvgIpc) is 3.00. The number of aromatic amines is 1. The Morgan fingerprint density at radius 3 is 2.68 bits per heavy atom. The molecule has 0 aromatic carbocycles. The molecule has 0 amide bonds. The first-order valence-corrected chi connectivity index (χ1v) is 6.69. The fourth-order valence-corrected chi connectivity index (χ4v) is 2.21. The molecule has 0 aliphatic carbocycles. The van der Waals surface area contributed by atoms with Crippen LogP contribution in [0.1, 0.15) is 0 Å². The fourth-order valence-electron chi connectivity index (χ4n) is 2.21. The number of pyridine rings is 1. The second kappa shape index (κ2) is 5.21. The van der Waals surface area contributed by atoms with E-state index >= 15 is 0 Å². The molecule has 4 heterocycles. The molecular weight excluding hydrogens is 278 g/mol. The van der Waals surface area contributed by atoms with Crippen LogP contribution in [0.3, 0.4) is 0 Å². The first kappa shape index (κ1) is 12.4. The molecule has 0 unspecified atom stereocenters. The Morgan fingerprint density at radius 2 is 1.77 bits per heavy atom. The summed E-state index contributed by atoms with van der Waals surface area (Å²) in [4.78, 5) is 24.3. The lowest BCUT2D eigenvalue weighted by Gasteiger charge is -2.04. The number of H-pyrrole nitrogens is 1. The molecule has 0 saturated carbocycles. The molecule has 7 nitrogen and oxygen atoms in total. The van der Waals surface area contributed by atoms with Crippen LogP contribution in [0, 0.1) is 0 Å². The van der Waals surface area contributed by atoms with E-state index in [1.807, 2.05) is 24.5 Å². The van der Waals surface area contributed by atoms with E-state index < -0.39 is 0 Å². The lowest BCUT2D eigenvalue weighted by Crippen LogP contribution is -2.00. The van der Waals surface area contributed by atoms with Crippen molar-refractivity contribution in [2.45, 2.75) is 0 Å². The number of hydrogen-bond donors (Lipinski definition) is 2. The smallest absolute Gasteiger partial charge is 0.230 e. The summed E-state index contributed by atoms with van der Waals surface area (Å²) in [5.41, 5.74) is 2.79. The molecule has 0 aliphatic rings. The van der Waals surface area contributed by atoms with Crippen molar-refractivity contribution in [3.05, 3.63) is 55.4 Å². The van der Waals surface area contributed by atoms with Crippen molar-refractivity contribution in [3.8, 4) is 11.3 Å². The van der Waals surface area contributed by atoms with Gasteiger partial charge in [-0.25, -0.2) is 19.9 Å². The lowest BCUT2D eigenvalue weighted by molar-refractivity contribution is 1.11. The van der Waals surface area contributed by atoms with Gasteiger partial charge in [0.05, 0.1) is 5.69 Å². The highest BCUT2D eigenvalue weighted by atomic mass is 15.2. The predicted molar refractivity (Wildman–Crippen MR) is 82.4 cm³/mol. The first-order chi connectivity index (χ1) is 10.9. The molecule has 0 saturated heterocycles. The van der Waals surface area contributed by atoms with Gasteiger partial charge in [0.15, 0.2) is 0 Å². The number of anilines is 2. The van der Waals surface area contributed by atoms with Crippen LogP contribution in [0.25, 0.3) is 22.2 Å². The highest BCUT2D eigenvalue weighted by Crippen LogP contribution is 2.26. The maximum absolute atomic E-state index is 4.51. The van der Waals surface area contributed by atoms with Crippen molar-refractivity contribution < 1.29 is 0 Å². The predicted octanol–water partition coefficient (Wildman–Crippen LogP) is 2.55. The van der Waals surface area contributed by atoms with Crippen molar-refractivity contribution in [3.63, 3.8) is 0 Å². The highest BCUT2D eigenvalue weighted by molar-refractivity contribution is 5.93. The van der Waals surface area contributed by atoms with Crippen molar-refractivity contribution in [2.75, 3.05) is 5.32 Å². The summed E-state index contributed by atoms with van der Waals surface area (Å²) in [6.45, 7) is 0. The molecule has 2 N–H and O–H groups in total. The first-order valence-electron chi connectivity index (χ1n) is 6.69. The fraction of sp³-hybridized carbons (Fsp3) is 0. The van der Waals surface area contributed by atoms with Crippen molar-refractivity contribution >= 4 is 22.8 Å². The van der Waals surface area contributed by atoms with Gasteiger partial charge in [0.1, 0.15) is 0 Å². The number of nitrogens with one attached hydrogen (secondary N) is 2. The maximum atomic E-state index is 4.51. The van der Waals surface area contributed by atoms with Crippen LogP contribution in [0.2, 0.25) is 0 Å². The van der Waals surface area contributed by atoms with Crippen LogP contribution in [0.4, 0.5) is 11.9 Å². The zero-order chi connectivity index (χ0) is 14.8. The number of aromatic nitrogens is 6. The molecule has 4 rings (SSSR count). The van der Waals surface area contributed by atoms with Gasteiger partial charge >= 0.3 is 0 Å². The standard InChI is InChI=1S/C15H11N7/c1-4-17-14(18-5-1)22-15-19-7-3-13(21-15)11-9-20-12-2-6-16-8-10(11)12/h1-9,20H,(H,17,18,19,21,22). The van der Waals surface area contributed by atoms with Crippen LogP contribution in [-0.4, -0.2) is 29.9 Å². The second-order valence-electron chi connectivity index (χ2n) is 4.59. The molecule has 7 heteroatoms. The zero-order valence-corrected chi connectivity index (χ0v) is 11.4. The third-order valence-corrected chi connectivity index (χ3v) is 3.20. The van der Waals surface area contributed by atoms with E-state index in [2.05, 4.69) is 35.2 Å². The van der Waals surface area contributed by atoms with Gasteiger partial charge in [0.2, 0.25) is 11.9 Å². The summed E-state index contributed by atoms with van der Waals surface area (Å²) < 4.78 is 0. The number of nitrogens with zero attached hydrogens (tertiary/aromatic N) is 5. The summed E-state index contributed by atoms with van der Waals surface area (Å²) in [6.07, 6.45) is 10.5. The summed E-state index contributed by atoms with van der Waals surface area (Å²) >= 11 is 0. The Hall–Kier alpha value is -3.35. The Morgan fingerprint density at radius 1 is 0.909 bits per heavy atom. The van der Waals surface area contributed by atoms with Crippen molar-refractivity contribution in [2.24, 2.45) is 0 Å². The molecule has 22 heavy (non-hydrogen) atoms. The van der Waals surface area contributed by atoms with Crippen LogP contribution in [0.15, 0.2) is 55.4 Å². The van der Waals surface area contributed by atoms with Gasteiger partial charge in [0.25, 0.3) is 0 Å². The van der Waals surface area contributed by atoms with Gasteiger partial charge in [-0.05, 0) is 18.2 Å². The van der Waals surface area contributed by atoms with Gasteiger partial charge < -0.3 is 4.98 Å². The molecule has 0 spiro atoms. The van der Waals surface area contributed by atoms with Gasteiger partial charge in [-0.2, -0.15) is 0 Å². The molecule has 4 aromatic rings. The van der Waals surface area contributed by atoms with Crippen LogP contribution in [0.5, 0.6) is 0 Å². The van der Waals surface area contributed by atoms with Crippen molar-refractivity contribution in [1.29, 1.82) is 0 Å². The van der Waals surface area contributed by atoms with E-state index in [4.69, 9.17) is 0 Å². The molecule has 106 valence electrons. The van der Waals surface area contributed by atoms with Gasteiger partial charge in [-0.3, -0.25) is 10.3 Å². The minimum Gasteiger partial charge on any atom is -0.360 e. The monoisotopic (exact) mass is 289 g/mol. The summed E-state index contributed by atoms with van der Waals surface area (Å²) in [5.74, 6) is 0.905. The van der Waals surface area contributed by atoms with Crippen LogP contribution in [-0.2, 0) is 0 Å². The maximum Gasteiger partial charge on any atom is 0.230 e. The van der Waals surface area contributed by atoms with E-state index in [1.54, 1.807) is 30.9 Å². The second-order valence-corrected chi connectivity index (χ2v) is 4.59. The van der Waals surface area contributed by atoms with Crippen LogP contribution >= 0.6 is 0 Å². The Labute approximate surface area is 125 Å². The molecule has 0 aliphatic heterocycles. The topological polar surface area (TPSA) is 92.3 Å². The van der Waals surface area contributed by atoms with Gasteiger partial charge in [0, 0.05) is 53.6 Å². The largest absolute Gasteiger partial charge is 0.360 e. The Kier molecular flexibility index (Phi) is 2.93. The quantitative estimate of drug-likeness (QED) is 0.602. The van der Waals surface area contributed by atoms with E-state index in [0.717, 1.165) is 22.2 Å². The summed E-state index contributed by atoms with van der Waals surface area (Å²) in [7, 11) is 0. The molecular formula is C15H11N7. The highest BCUT2D eigenvalue weighted by Gasteiger charge is 2.09. The third kappa shape index (κ3) is 2.24. The van der Waals surface area contributed by atoms with E-state index in [1.165, 1.54) is 0 Å². The SMILES string of the molecule is c1cnc(Nc2nccc(-c3c[nH]c4ccncc34)n2)nc1. The molecule has 4 aromatic heterocycles. The normalized spacial score (nSPS) is 10.7. The number of fused-ring (bicyclic) bond motifs is 1.